The summed E-state index contributed by atoms with van der Waals surface area (Å²) in [4.78, 5) is 4.06. The molecule has 3 nitrogen and oxygen atoms in total. The molecule has 0 radical (unpaired) electrons. The van der Waals surface area contributed by atoms with Gasteiger partial charge in [-0.3, -0.25) is 4.98 Å². The third-order valence-electron chi connectivity index (χ3n) is 3.66. The first-order valence-electron chi connectivity index (χ1n) is 6.99. The van der Waals surface area contributed by atoms with Gasteiger partial charge >= 0.3 is 0 Å². The van der Waals surface area contributed by atoms with Crippen molar-refractivity contribution in [1.82, 2.24) is 14.9 Å². The largest absolute Gasteiger partial charge is 0.347 e. The van der Waals surface area contributed by atoms with E-state index in [0.717, 1.165) is 19.5 Å². The van der Waals surface area contributed by atoms with Crippen molar-refractivity contribution in [1.29, 1.82) is 0 Å². The zero-order valence-corrected chi connectivity index (χ0v) is 11.7. The lowest BCUT2D eigenvalue weighted by molar-refractivity contribution is 0.722. The lowest BCUT2D eigenvalue weighted by Crippen LogP contribution is -2.05. The molecule has 0 aliphatic heterocycles. The molecule has 0 spiro atoms. The Kier molecular flexibility index (Phi) is 3.79. The molecular formula is C17H19N3. The maximum absolute atomic E-state index is 4.06. The van der Waals surface area contributed by atoms with Crippen molar-refractivity contribution in [3.05, 3.63) is 66.1 Å². The first-order chi connectivity index (χ1) is 9.88. The fourth-order valence-corrected chi connectivity index (χ4v) is 2.63. The fraction of sp³-hybridized carbons (Fsp3) is 0.235. The molecule has 0 amide bonds. The van der Waals surface area contributed by atoms with Crippen LogP contribution in [-0.4, -0.2) is 16.6 Å². The highest BCUT2D eigenvalue weighted by Crippen LogP contribution is 2.20. The molecule has 0 aliphatic carbocycles. The summed E-state index contributed by atoms with van der Waals surface area (Å²) >= 11 is 0. The summed E-state index contributed by atoms with van der Waals surface area (Å²) in [6.45, 7) is 1.90. The van der Waals surface area contributed by atoms with Crippen molar-refractivity contribution >= 4 is 10.9 Å². The Bertz CT molecular complexity index is 686. The van der Waals surface area contributed by atoms with Crippen LogP contribution >= 0.6 is 0 Å². The van der Waals surface area contributed by atoms with E-state index in [4.69, 9.17) is 0 Å². The Morgan fingerprint density at radius 2 is 1.95 bits per heavy atom. The van der Waals surface area contributed by atoms with Gasteiger partial charge in [0.05, 0.1) is 0 Å². The zero-order chi connectivity index (χ0) is 13.8. The van der Waals surface area contributed by atoms with Crippen LogP contribution in [0.3, 0.4) is 0 Å². The topological polar surface area (TPSA) is 29.9 Å². The first-order valence-corrected chi connectivity index (χ1v) is 6.99. The van der Waals surface area contributed by atoms with Gasteiger partial charge in [-0.2, -0.15) is 0 Å². The van der Waals surface area contributed by atoms with E-state index < -0.39 is 0 Å². The molecule has 1 N–H and O–H groups in total. The number of nitrogens with one attached hydrogen (secondary N) is 1. The van der Waals surface area contributed by atoms with Crippen LogP contribution in [0, 0.1) is 0 Å². The van der Waals surface area contributed by atoms with Gasteiger partial charge in [0.1, 0.15) is 0 Å². The molecule has 0 aliphatic rings. The minimum atomic E-state index is 0.908. The lowest BCUT2D eigenvalue weighted by atomic mass is 10.1. The van der Waals surface area contributed by atoms with Crippen LogP contribution in [-0.2, 0) is 19.5 Å². The molecular weight excluding hydrogens is 246 g/mol. The van der Waals surface area contributed by atoms with Crippen molar-refractivity contribution in [3.63, 3.8) is 0 Å². The summed E-state index contributed by atoms with van der Waals surface area (Å²) < 4.78 is 2.33. The number of hydrogen-bond donors (Lipinski definition) is 1. The third-order valence-corrected chi connectivity index (χ3v) is 3.66. The highest BCUT2D eigenvalue weighted by Gasteiger charge is 2.05. The van der Waals surface area contributed by atoms with Gasteiger partial charge in [-0.15, -0.1) is 0 Å². The zero-order valence-electron chi connectivity index (χ0n) is 11.7. The van der Waals surface area contributed by atoms with Gasteiger partial charge in [-0.25, -0.2) is 0 Å². The number of aryl methyl sites for hydroxylation is 2. The van der Waals surface area contributed by atoms with Gasteiger partial charge in [-0.05, 0) is 48.9 Å². The van der Waals surface area contributed by atoms with E-state index in [1.54, 1.807) is 0 Å². The maximum atomic E-state index is 4.06. The number of aromatic nitrogens is 2. The van der Waals surface area contributed by atoms with Crippen molar-refractivity contribution in [3.8, 4) is 0 Å². The van der Waals surface area contributed by atoms with Crippen LogP contribution in [0.5, 0.6) is 0 Å². The molecule has 20 heavy (non-hydrogen) atoms. The van der Waals surface area contributed by atoms with Crippen LogP contribution in [0.25, 0.3) is 10.9 Å². The van der Waals surface area contributed by atoms with E-state index in [1.165, 1.54) is 22.0 Å². The summed E-state index contributed by atoms with van der Waals surface area (Å²) in [5, 5.41) is 4.57. The molecule has 1 aromatic carbocycles. The van der Waals surface area contributed by atoms with Crippen LogP contribution in [0.2, 0.25) is 0 Å². The van der Waals surface area contributed by atoms with Crippen LogP contribution in [0.4, 0.5) is 0 Å². The number of benzene rings is 1. The average molecular weight is 265 g/mol. The Hall–Kier alpha value is -2.13. The van der Waals surface area contributed by atoms with Gasteiger partial charge in [0.25, 0.3) is 0 Å². The van der Waals surface area contributed by atoms with Crippen LogP contribution < -0.4 is 5.32 Å². The minimum Gasteiger partial charge on any atom is -0.347 e. The number of nitrogens with zero attached hydrogens (tertiary/aromatic N) is 2. The molecule has 0 atom stereocenters. The van der Waals surface area contributed by atoms with Crippen molar-refractivity contribution in [2.75, 3.05) is 7.05 Å². The number of hydrogen-bond acceptors (Lipinski definition) is 2. The third kappa shape index (κ3) is 2.58. The normalized spacial score (nSPS) is 11.1. The number of rotatable bonds is 5. The summed E-state index contributed by atoms with van der Waals surface area (Å²) in [5.74, 6) is 0. The second-order valence-corrected chi connectivity index (χ2v) is 4.99. The summed E-state index contributed by atoms with van der Waals surface area (Å²) in [6.07, 6.45) is 6.93. The standard InChI is InChI=1S/C17H19N3/c1-18-13-15-3-2-4-17-16(15)8-12-20(17)11-7-14-5-9-19-10-6-14/h2-6,8-10,12,18H,7,11,13H2,1H3. The van der Waals surface area contributed by atoms with E-state index in [9.17, 15) is 0 Å². The van der Waals surface area contributed by atoms with Crippen molar-refractivity contribution < 1.29 is 0 Å². The highest BCUT2D eigenvalue weighted by atomic mass is 14.9. The van der Waals surface area contributed by atoms with E-state index in [-0.39, 0.29) is 0 Å². The summed E-state index contributed by atoms with van der Waals surface area (Å²) in [6, 6.07) is 12.9. The highest BCUT2D eigenvalue weighted by molar-refractivity contribution is 5.83. The smallest absolute Gasteiger partial charge is 0.0483 e. The summed E-state index contributed by atoms with van der Waals surface area (Å²) in [5.41, 5.74) is 3.99. The molecule has 3 heteroatoms. The molecule has 2 aromatic heterocycles. The Labute approximate surface area is 119 Å². The Morgan fingerprint density at radius 3 is 2.75 bits per heavy atom. The predicted octanol–water partition coefficient (Wildman–Crippen LogP) is 3.00. The molecule has 0 bridgehead atoms. The van der Waals surface area contributed by atoms with E-state index in [0.29, 0.717) is 0 Å². The van der Waals surface area contributed by atoms with Crippen LogP contribution in [0.1, 0.15) is 11.1 Å². The van der Waals surface area contributed by atoms with Crippen LogP contribution in [0.15, 0.2) is 55.0 Å². The van der Waals surface area contributed by atoms with E-state index in [2.05, 4.69) is 57.5 Å². The Balaban J connectivity index is 1.84. The Morgan fingerprint density at radius 1 is 1.10 bits per heavy atom. The monoisotopic (exact) mass is 265 g/mol. The van der Waals surface area contributed by atoms with E-state index >= 15 is 0 Å². The second kappa shape index (κ2) is 5.88. The number of pyridine rings is 1. The minimum absolute atomic E-state index is 0.908. The van der Waals surface area contributed by atoms with Gasteiger partial charge in [0, 0.05) is 42.6 Å². The quantitative estimate of drug-likeness (QED) is 0.768. The SMILES string of the molecule is CNCc1cccc2c1ccn2CCc1ccncc1. The molecule has 0 fully saturated rings. The molecule has 2 heterocycles. The van der Waals surface area contributed by atoms with Gasteiger partial charge in [0.15, 0.2) is 0 Å². The average Bonchev–Trinajstić information content (AvgIpc) is 2.91. The first kappa shape index (κ1) is 12.9. The molecule has 0 saturated heterocycles. The van der Waals surface area contributed by atoms with Crippen molar-refractivity contribution in [2.24, 2.45) is 0 Å². The predicted molar refractivity (Wildman–Crippen MR) is 82.6 cm³/mol. The maximum Gasteiger partial charge on any atom is 0.0483 e. The summed E-state index contributed by atoms with van der Waals surface area (Å²) in [7, 11) is 1.99. The molecule has 0 unspecified atom stereocenters. The van der Waals surface area contributed by atoms with Gasteiger partial charge in [0.2, 0.25) is 0 Å². The van der Waals surface area contributed by atoms with Gasteiger partial charge < -0.3 is 9.88 Å². The number of fused-ring (bicyclic) bond motifs is 1. The molecule has 3 aromatic rings. The molecule has 3 rings (SSSR count). The van der Waals surface area contributed by atoms with E-state index in [1.807, 2.05) is 19.4 Å². The second-order valence-electron chi connectivity index (χ2n) is 4.99. The van der Waals surface area contributed by atoms with Gasteiger partial charge in [-0.1, -0.05) is 12.1 Å². The molecule has 0 saturated carbocycles. The molecule has 102 valence electrons. The fourth-order valence-electron chi connectivity index (χ4n) is 2.63. The van der Waals surface area contributed by atoms with Crippen molar-refractivity contribution in [2.45, 2.75) is 19.5 Å². The lowest BCUT2D eigenvalue weighted by Gasteiger charge is -2.07.